The Morgan fingerprint density at radius 3 is 2.25 bits per heavy atom. The summed E-state index contributed by atoms with van der Waals surface area (Å²) >= 11 is 1.70. The Kier molecular flexibility index (Phi) is 4.84. The van der Waals surface area contributed by atoms with Crippen LogP contribution >= 0.6 is 11.8 Å². The molecule has 20 heavy (non-hydrogen) atoms. The van der Waals surface area contributed by atoms with Gasteiger partial charge in [0.25, 0.3) is 0 Å². The van der Waals surface area contributed by atoms with Gasteiger partial charge in [-0.05, 0) is 41.8 Å². The lowest BCUT2D eigenvalue weighted by Gasteiger charge is -2.19. The first-order valence-electron chi connectivity index (χ1n) is 6.87. The van der Waals surface area contributed by atoms with Gasteiger partial charge in [0, 0.05) is 17.6 Å². The Bertz CT molecular complexity index is 539. The van der Waals surface area contributed by atoms with E-state index >= 15 is 0 Å². The lowest BCUT2D eigenvalue weighted by molar-refractivity contribution is 0.590. The van der Waals surface area contributed by atoms with Crippen LogP contribution in [-0.4, -0.2) is 12.0 Å². The van der Waals surface area contributed by atoms with Crippen molar-refractivity contribution in [2.45, 2.75) is 42.7 Å². The highest BCUT2D eigenvalue weighted by molar-refractivity contribution is 7.99. The molecule has 0 spiro atoms. The number of hydrogen-bond acceptors (Lipinski definition) is 3. The van der Waals surface area contributed by atoms with Gasteiger partial charge in [-0.2, -0.15) is 0 Å². The third-order valence-electron chi connectivity index (χ3n) is 3.12. The first-order chi connectivity index (χ1) is 9.49. The predicted molar refractivity (Wildman–Crippen MR) is 86.3 cm³/mol. The van der Waals surface area contributed by atoms with Crippen molar-refractivity contribution < 1.29 is 0 Å². The van der Waals surface area contributed by atoms with Gasteiger partial charge in [-0.25, -0.2) is 4.98 Å². The first-order valence-corrected chi connectivity index (χ1v) is 7.68. The summed E-state index contributed by atoms with van der Waals surface area (Å²) in [6.45, 7) is 7.56. The lowest BCUT2D eigenvalue weighted by Crippen LogP contribution is -2.10. The topological polar surface area (TPSA) is 24.9 Å². The van der Waals surface area contributed by atoms with Gasteiger partial charge in [0.2, 0.25) is 0 Å². The van der Waals surface area contributed by atoms with Crippen LogP contribution in [0, 0.1) is 0 Å². The molecule has 1 N–H and O–H groups in total. The van der Waals surface area contributed by atoms with Crippen LogP contribution in [-0.2, 0) is 12.0 Å². The van der Waals surface area contributed by atoms with Crippen molar-refractivity contribution >= 4 is 11.8 Å². The summed E-state index contributed by atoms with van der Waals surface area (Å²) in [6.07, 6.45) is 1.93. The highest BCUT2D eigenvalue weighted by Crippen LogP contribution is 2.29. The zero-order chi connectivity index (χ0) is 14.6. The summed E-state index contributed by atoms with van der Waals surface area (Å²) < 4.78 is 0. The van der Waals surface area contributed by atoms with Gasteiger partial charge in [0.05, 0.1) is 0 Å². The fraction of sp³-hybridized carbons (Fsp3) is 0.353. The van der Waals surface area contributed by atoms with E-state index in [2.05, 4.69) is 67.5 Å². The SMILES string of the molecule is CNCc1ccc(Sc2ccc(C(C)(C)C)cc2)nc1. The maximum atomic E-state index is 4.49. The van der Waals surface area contributed by atoms with Crippen molar-refractivity contribution in [2.75, 3.05) is 7.05 Å². The maximum Gasteiger partial charge on any atom is 0.101 e. The van der Waals surface area contributed by atoms with Gasteiger partial charge in [-0.1, -0.05) is 50.7 Å². The lowest BCUT2D eigenvalue weighted by atomic mass is 9.87. The summed E-state index contributed by atoms with van der Waals surface area (Å²) in [5.74, 6) is 0. The molecule has 0 atom stereocenters. The average Bonchev–Trinajstić information content (AvgIpc) is 2.41. The van der Waals surface area contributed by atoms with E-state index in [0.717, 1.165) is 11.6 Å². The van der Waals surface area contributed by atoms with Crippen LogP contribution in [0.3, 0.4) is 0 Å². The summed E-state index contributed by atoms with van der Waals surface area (Å²) in [5, 5.41) is 4.16. The summed E-state index contributed by atoms with van der Waals surface area (Å²) in [4.78, 5) is 5.72. The molecule has 0 aliphatic rings. The minimum Gasteiger partial charge on any atom is -0.316 e. The zero-order valence-electron chi connectivity index (χ0n) is 12.6. The fourth-order valence-corrected chi connectivity index (χ4v) is 2.68. The van der Waals surface area contributed by atoms with E-state index in [-0.39, 0.29) is 5.41 Å². The molecule has 2 rings (SSSR count). The number of rotatable bonds is 4. The second-order valence-corrected chi connectivity index (χ2v) is 7.01. The number of nitrogens with one attached hydrogen (secondary N) is 1. The number of pyridine rings is 1. The maximum absolute atomic E-state index is 4.49. The largest absolute Gasteiger partial charge is 0.316 e. The van der Waals surface area contributed by atoms with E-state index in [0.29, 0.717) is 0 Å². The molecule has 0 fully saturated rings. The van der Waals surface area contributed by atoms with E-state index in [1.165, 1.54) is 16.0 Å². The summed E-state index contributed by atoms with van der Waals surface area (Å²) in [5.41, 5.74) is 2.77. The van der Waals surface area contributed by atoms with E-state index in [1.807, 2.05) is 13.2 Å². The molecule has 0 aliphatic carbocycles. The minimum atomic E-state index is 0.205. The van der Waals surface area contributed by atoms with Crippen LogP contribution in [0.4, 0.5) is 0 Å². The molecule has 0 radical (unpaired) electrons. The first kappa shape index (κ1) is 15.1. The van der Waals surface area contributed by atoms with Gasteiger partial charge < -0.3 is 5.32 Å². The van der Waals surface area contributed by atoms with E-state index in [9.17, 15) is 0 Å². The summed E-state index contributed by atoms with van der Waals surface area (Å²) in [6, 6.07) is 13.0. The molecule has 1 aromatic carbocycles. The Labute approximate surface area is 126 Å². The quantitative estimate of drug-likeness (QED) is 0.909. The van der Waals surface area contributed by atoms with Crippen molar-refractivity contribution in [3.63, 3.8) is 0 Å². The van der Waals surface area contributed by atoms with Crippen LogP contribution in [0.1, 0.15) is 31.9 Å². The van der Waals surface area contributed by atoms with Crippen LogP contribution in [0.5, 0.6) is 0 Å². The third-order valence-corrected chi connectivity index (χ3v) is 4.08. The molecule has 0 unspecified atom stereocenters. The van der Waals surface area contributed by atoms with Gasteiger partial charge >= 0.3 is 0 Å². The molecule has 0 saturated heterocycles. The summed E-state index contributed by atoms with van der Waals surface area (Å²) in [7, 11) is 1.94. The molecule has 1 heterocycles. The normalized spacial score (nSPS) is 11.6. The molecule has 0 aliphatic heterocycles. The highest BCUT2D eigenvalue weighted by atomic mass is 32.2. The predicted octanol–water partition coefficient (Wildman–Crippen LogP) is 4.25. The fourth-order valence-electron chi connectivity index (χ4n) is 1.92. The van der Waals surface area contributed by atoms with Crippen molar-refractivity contribution in [1.29, 1.82) is 0 Å². The van der Waals surface area contributed by atoms with Crippen LogP contribution < -0.4 is 5.32 Å². The second-order valence-electron chi connectivity index (χ2n) is 5.91. The molecule has 0 amide bonds. The Hall–Kier alpha value is -1.32. The smallest absolute Gasteiger partial charge is 0.101 e. The monoisotopic (exact) mass is 286 g/mol. The van der Waals surface area contributed by atoms with Gasteiger partial charge in [-0.3, -0.25) is 0 Å². The van der Waals surface area contributed by atoms with Crippen molar-refractivity contribution in [3.8, 4) is 0 Å². The second kappa shape index (κ2) is 6.42. The number of benzene rings is 1. The Balaban J connectivity index is 2.06. The van der Waals surface area contributed by atoms with E-state index in [1.54, 1.807) is 11.8 Å². The zero-order valence-corrected chi connectivity index (χ0v) is 13.4. The molecule has 2 aromatic rings. The molecular weight excluding hydrogens is 264 g/mol. The molecule has 2 nitrogen and oxygen atoms in total. The van der Waals surface area contributed by atoms with Gasteiger partial charge in [0.15, 0.2) is 0 Å². The Morgan fingerprint density at radius 1 is 1.05 bits per heavy atom. The van der Waals surface area contributed by atoms with Gasteiger partial charge in [0.1, 0.15) is 5.03 Å². The molecule has 0 saturated carbocycles. The molecule has 1 aromatic heterocycles. The van der Waals surface area contributed by atoms with Crippen molar-refractivity contribution in [1.82, 2.24) is 10.3 Å². The Morgan fingerprint density at radius 2 is 1.75 bits per heavy atom. The third kappa shape index (κ3) is 4.09. The number of aromatic nitrogens is 1. The van der Waals surface area contributed by atoms with Crippen LogP contribution in [0.25, 0.3) is 0 Å². The highest BCUT2D eigenvalue weighted by Gasteiger charge is 2.12. The van der Waals surface area contributed by atoms with E-state index in [4.69, 9.17) is 0 Å². The average molecular weight is 286 g/mol. The molecule has 3 heteroatoms. The molecule has 106 valence electrons. The number of hydrogen-bond donors (Lipinski definition) is 1. The van der Waals surface area contributed by atoms with Crippen molar-refractivity contribution in [2.24, 2.45) is 0 Å². The molecular formula is C17H22N2S. The molecule has 0 bridgehead atoms. The van der Waals surface area contributed by atoms with Crippen molar-refractivity contribution in [3.05, 3.63) is 53.7 Å². The van der Waals surface area contributed by atoms with E-state index < -0.39 is 0 Å². The van der Waals surface area contributed by atoms with Gasteiger partial charge in [-0.15, -0.1) is 0 Å². The van der Waals surface area contributed by atoms with Crippen LogP contribution in [0.15, 0.2) is 52.5 Å². The number of nitrogens with zero attached hydrogens (tertiary/aromatic N) is 1. The standard InChI is InChI=1S/C17H22N2S/c1-17(2,3)14-6-8-15(9-7-14)20-16-10-5-13(11-18-4)12-19-16/h5-10,12,18H,11H2,1-4H3. The minimum absolute atomic E-state index is 0.205. The van der Waals surface area contributed by atoms with Crippen LogP contribution in [0.2, 0.25) is 0 Å².